The molecule has 0 saturated carbocycles. The first-order chi connectivity index (χ1) is 14.3. The normalized spacial score (nSPS) is 11.2. The number of nitrogens with zero attached hydrogens (tertiary/aromatic N) is 2. The van der Waals surface area contributed by atoms with E-state index in [0.29, 0.717) is 25.6 Å². The Labute approximate surface area is 170 Å². The highest BCUT2D eigenvalue weighted by Crippen LogP contribution is 2.22. The third-order valence-electron chi connectivity index (χ3n) is 5.01. The van der Waals surface area contributed by atoms with Gasteiger partial charge >= 0.3 is 0 Å². The highest BCUT2D eigenvalue weighted by molar-refractivity contribution is 5.96. The van der Waals surface area contributed by atoms with E-state index < -0.39 is 0 Å². The van der Waals surface area contributed by atoms with Crippen LogP contribution >= 0.6 is 0 Å². The largest absolute Gasteiger partial charge is 0.382 e. The van der Waals surface area contributed by atoms with Gasteiger partial charge < -0.3 is 9.30 Å². The summed E-state index contributed by atoms with van der Waals surface area (Å²) in [6.45, 7) is 4.13. The van der Waals surface area contributed by atoms with E-state index in [1.54, 1.807) is 0 Å². The number of carbonyl (C=O) groups is 1. The summed E-state index contributed by atoms with van der Waals surface area (Å²) in [4.78, 5) is 17.5. The van der Waals surface area contributed by atoms with Gasteiger partial charge in [0.15, 0.2) is 0 Å². The molecule has 1 heterocycles. The van der Waals surface area contributed by atoms with E-state index in [4.69, 9.17) is 4.74 Å². The lowest BCUT2D eigenvalue weighted by molar-refractivity contribution is -0.115. The monoisotopic (exact) mass is 387 g/mol. The zero-order chi connectivity index (χ0) is 20.1. The van der Waals surface area contributed by atoms with Crippen molar-refractivity contribution in [1.29, 1.82) is 0 Å². The molecule has 5 heteroatoms. The summed E-state index contributed by atoms with van der Waals surface area (Å²) in [5.74, 6) is 0.524. The Morgan fingerprint density at radius 2 is 1.83 bits per heavy atom. The van der Waals surface area contributed by atoms with Gasteiger partial charge in [-0.05, 0) is 41.8 Å². The van der Waals surface area contributed by atoms with Crippen LogP contribution in [-0.2, 0) is 22.5 Å². The molecule has 0 fully saturated rings. The second-order valence-electron chi connectivity index (χ2n) is 6.99. The van der Waals surface area contributed by atoms with Crippen molar-refractivity contribution in [2.75, 3.05) is 18.5 Å². The van der Waals surface area contributed by atoms with E-state index in [-0.39, 0.29) is 5.91 Å². The predicted molar refractivity (Wildman–Crippen MR) is 117 cm³/mol. The molecule has 0 atom stereocenters. The number of nitrogens with one attached hydrogen (secondary N) is 1. The summed E-state index contributed by atoms with van der Waals surface area (Å²) in [6.07, 6.45) is 1.17. The molecule has 0 radical (unpaired) electrons. The second-order valence-corrected chi connectivity index (χ2v) is 6.99. The fourth-order valence-electron chi connectivity index (χ4n) is 3.65. The first-order valence-corrected chi connectivity index (χ1v) is 10.1. The minimum atomic E-state index is -0.0669. The summed E-state index contributed by atoms with van der Waals surface area (Å²) >= 11 is 0. The van der Waals surface area contributed by atoms with Crippen LogP contribution in [0.4, 0.5) is 5.95 Å². The molecule has 1 N–H and O–H groups in total. The predicted octanol–water partition coefficient (Wildman–Crippen LogP) is 4.80. The van der Waals surface area contributed by atoms with Crippen molar-refractivity contribution < 1.29 is 9.53 Å². The standard InChI is InChI=1S/C24H25N3O2/c1-2-29-16-8-15-27-22-14-6-5-13-21(22)25-24(27)26-23(28)17-19-11-7-10-18-9-3-4-12-20(18)19/h3-7,9-14H,2,8,15-17H2,1H3,(H,25,26,28). The number of benzene rings is 3. The van der Waals surface area contributed by atoms with Gasteiger partial charge in [0, 0.05) is 19.8 Å². The molecule has 4 rings (SSSR count). The number of anilines is 1. The summed E-state index contributed by atoms with van der Waals surface area (Å²) in [7, 11) is 0. The van der Waals surface area contributed by atoms with Crippen molar-refractivity contribution in [3.05, 3.63) is 72.3 Å². The van der Waals surface area contributed by atoms with Crippen LogP contribution in [0.1, 0.15) is 18.9 Å². The first kappa shape index (κ1) is 19.2. The second kappa shape index (κ2) is 8.88. The van der Waals surface area contributed by atoms with Crippen molar-refractivity contribution >= 4 is 33.7 Å². The number of carbonyl (C=O) groups excluding carboxylic acids is 1. The van der Waals surface area contributed by atoms with Crippen molar-refractivity contribution in [3.63, 3.8) is 0 Å². The topological polar surface area (TPSA) is 56.1 Å². The molecule has 1 amide bonds. The Bertz CT molecular complexity index is 1130. The van der Waals surface area contributed by atoms with Crippen LogP contribution in [0.15, 0.2) is 66.7 Å². The number of hydrogen-bond acceptors (Lipinski definition) is 3. The molecule has 0 unspecified atom stereocenters. The van der Waals surface area contributed by atoms with Gasteiger partial charge in [-0.2, -0.15) is 0 Å². The molecule has 5 nitrogen and oxygen atoms in total. The molecular weight excluding hydrogens is 362 g/mol. The molecule has 148 valence electrons. The van der Waals surface area contributed by atoms with Crippen LogP contribution < -0.4 is 5.32 Å². The number of amides is 1. The molecule has 0 saturated heterocycles. The number of fused-ring (bicyclic) bond motifs is 2. The third kappa shape index (κ3) is 4.30. The van der Waals surface area contributed by atoms with Crippen LogP contribution in [0.25, 0.3) is 21.8 Å². The highest BCUT2D eigenvalue weighted by atomic mass is 16.5. The summed E-state index contributed by atoms with van der Waals surface area (Å²) in [5.41, 5.74) is 2.91. The fourth-order valence-corrected chi connectivity index (χ4v) is 3.65. The fraction of sp³-hybridized carbons (Fsp3) is 0.250. The maximum atomic E-state index is 12.8. The maximum Gasteiger partial charge on any atom is 0.231 e. The lowest BCUT2D eigenvalue weighted by atomic mass is 10.0. The minimum absolute atomic E-state index is 0.0669. The Balaban J connectivity index is 1.55. The molecule has 0 spiro atoms. The average molecular weight is 387 g/mol. The Hall–Kier alpha value is -3.18. The van der Waals surface area contributed by atoms with E-state index in [1.807, 2.05) is 55.5 Å². The van der Waals surface area contributed by atoms with E-state index in [2.05, 4.69) is 33.1 Å². The van der Waals surface area contributed by atoms with Crippen LogP contribution in [0.2, 0.25) is 0 Å². The molecule has 29 heavy (non-hydrogen) atoms. The number of para-hydroxylation sites is 2. The first-order valence-electron chi connectivity index (χ1n) is 10.1. The number of aryl methyl sites for hydroxylation is 1. The van der Waals surface area contributed by atoms with Gasteiger partial charge in [0.05, 0.1) is 17.5 Å². The zero-order valence-corrected chi connectivity index (χ0v) is 16.6. The van der Waals surface area contributed by atoms with Crippen LogP contribution in [0, 0.1) is 0 Å². The number of imidazole rings is 1. The average Bonchev–Trinajstić information content (AvgIpc) is 3.08. The summed E-state index contributed by atoms with van der Waals surface area (Å²) in [6, 6.07) is 22.1. The number of hydrogen-bond donors (Lipinski definition) is 1. The quantitative estimate of drug-likeness (QED) is 0.442. The number of rotatable bonds is 8. The Morgan fingerprint density at radius 1 is 1.03 bits per heavy atom. The maximum absolute atomic E-state index is 12.8. The molecule has 0 bridgehead atoms. The molecule has 0 aliphatic heterocycles. The molecule has 4 aromatic rings. The Morgan fingerprint density at radius 3 is 2.72 bits per heavy atom. The van der Waals surface area contributed by atoms with Crippen molar-refractivity contribution in [2.24, 2.45) is 0 Å². The van der Waals surface area contributed by atoms with Crippen LogP contribution in [0.3, 0.4) is 0 Å². The van der Waals surface area contributed by atoms with Gasteiger partial charge in [-0.25, -0.2) is 4.98 Å². The molecule has 0 aliphatic rings. The van der Waals surface area contributed by atoms with Crippen molar-refractivity contribution in [2.45, 2.75) is 26.3 Å². The van der Waals surface area contributed by atoms with E-state index >= 15 is 0 Å². The zero-order valence-electron chi connectivity index (χ0n) is 16.6. The van der Waals surface area contributed by atoms with E-state index in [9.17, 15) is 4.79 Å². The van der Waals surface area contributed by atoms with Gasteiger partial charge in [0.1, 0.15) is 0 Å². The molecular formula is C24H25N3O2. The minimum Gasteiger partial charge on any atom is -0.382 e. The van der Waals surface area contributed by atoms with Crippen LogP contribution in [0.5, 0.6) is 0 Å². The third-order valence-corrected chi connectivity index (χ3v) is 5.01. The van der Waals surface area contributed by atoms with Gasteiger partial charge in [-0.1, -0.05) is 54.6 Å². The molecule has 0 aliphatic carbocycles. The van der Waals surface area contributed by atoms with Gasteiger partial charge in [0.25, 0.3) is 0 Å². The van der Waals surface area contributed by atoms with Gasteiger partial charge in [-0.3, -0.25) is 10.1 Å². The van der Waals surface area contributed by atoms with Crippen molar-refractivity contribution in [1.82, 2.24) is 9.55 Å². The van der Waals surface area contributed by atoms with Crippen molar-refractivity contribution in [3.8, 4) is 0 Å². The van der Waals surface area contributed by atoms with Crippen LogP contribution in [-0.4, -0.2) is 28.7 Å². The van der Waals surface area contributed by atoms with Gasteiger partial charge in [-0.15, -0.1) is 0 Å². The van der Waals surface area contributed by atoms with Gasteiger partial charge in [0.2, 0.25) is 11.9 Å². The summed E-state index contributed by atoms with van der Waals surface area (Å²) in [5, 5.41) is 5.27. The van der Waals surface area contributed by atoms with E-state index in [1.165, 1.54) is 0 Å². The summed E-state index contributed by atoms with van der Waals surface area (Å²) < 4.78 is 7.53. The SMILES string of the molecule is CCOCCCn1c(NC(=O)Cc2cccc3ccccc23)nc2ccccc21. The lowest BCUT2D eigenvalue weighted by Gasteiger charge is -2.11. The smallest absolute Gasteiger partial charge is 0.231 e. The molecule has 1 aromatic heterocycles. The van der Waals surface area contributed by atoms with E-state index in [0.717, 1.165) is 40.3 Å². The Kier molecular flexibility index (Phi) is 5.86. The number of aromatic nitrogens is 2. The lowest BCUT2D eigenvalue weighted by Crippen LogP contribution is -2.18. The molecule has 3 aromatic carbocycles. The highest BCUT2D eigenvalue weighted by Gasteiger charge is 2.14. The number of ether oxygens (including phenoxy) is 1.